The zero-order valence-corrected chi connectivity index (χ0v) is 11.5. The van der Waals surface area contributed by atoms with Crippen molar-refractivity contribution in [2.75, 3.05) is 33.7 Å². The fourth-order valence-electron chi connectivity index (χ4n) is 2.56. The summed E-state index contributed by atoms with van der Waals surface area (Å²) in [5, 5.41) is 6.17. The summed E-state index contributed by atoms with van der Waals surface area (Å²) in [6.45, 7) is 4.33. The van der Waals surface area contributed by atoms with Gasteiger partial charge in [0.25, 0.3) is 0 Å². The summed E-state index contributed by atoms with van der Waals surface area (Å²) in [7, 11) is 4.28. The predicted octanol–water partition coefficient (Wildman–Crippen LogP) is 0.833. The quantitative estimate of drug-likeness (QED) is 0.724. The van der Waals surface area contributed by atoms with Crippen molar-refractivity contribution in [2.45, 2.75) is 38.6 Å². The van der Waals surface area contributed by atoms with E-state index >= 15 is 0 Å². The number of nitrogens with zero attached hydrogens (tertiary/aromatic N) is 1. The lowest BCUT2D eigenvalue weighted by Gasteiger charge is -2.30. The average Bonchev–Trinajstić information content (AvgIpc) is 2.28. The summed E-state index contributed by atoms with van der Waals surface area (Å²) in [4.78, 5) is 13.6. The summed E-state index contributed by atoms with van der Waals surface area (Å²) in [6, 6.07) is 0.538. The molecule has 1 aliphatic rings. The van der Waals surface area contributed by atoms with Crippen LogP contribution < -0.4 is 10.6 Å². The number of rotatable bonds is 6. The number of hydrogen-bond donors (Lipinski definition) is 2. The standard InChI is InChI=1S/C13H27N3O/c1-4-14-13(17)9-15-12-7-5-11(6-8-12)10-16(2)3/h11-12,15H,4-10H2,1-3H3,(H,14,17). The van der Waals surface area contributed by atoms with Crippen molar-refractivity contribution < 1.29 is 4.79 Å². The molecule has 0 radical (unpaired) electrons. The van der Waals surface area contributed by atoms with Gasteiger partial charge in [0.15, 0.2) is 0 Å². The second-order valence-electron chi connectivity index (χ2n) is 5.31. The second-order valence-corrected chi connectivity index (χ2v) is 5.31. The maximum Gasteiger partial charge on any atom is 0.233 e. The SMILES string of the molecule is CCNC(=O)CNC1CCC(CN(C)C)CC1. The van der Waals surface area contributed by atoms with Gasteiger partial charge in [0.2, 0.25) is 5.91 Å². The number of carbonyl (C=O) groups excluding carboxylic acids is 1. The van der Waals surface area contributed by atoms with Crippen LogP contribution in [0.3, 0.4) is 0 Å². The van der Waals surface area contributed by atoms with Crippen molar-refractivity contribution in [1.82, 2.24) is 15.5 Å². The third kappa shape index (κ3) is 6.03. The van der Waals surface area contributed by atoms with E-state index in [1.165, 1.54) is 32.2 Å². The van der Waals surface area contributed by atoms with Crippen LogP contribution in [0.2, 0.25) is 0 Å². The van der Waals surface area contributed by atoms with Gasteiger partial charge in [0.1, 0.15) is 0 Å². The van der Waals surface area contributed by atoms with Gasteiger partial charge in [-0.1, -0.05) is 0 Å². The fraction of sp³-hybridized carbons (Fsp3) is 0.923. The summed E-state index contributed by atoms with van der Waals surface area (Å²) in [6.07, 6.45) is 4.98. The summed E-state index contributed by atoms with van der Waals surface area (Å²) < 4.78 is 0. The van der Waals surface area contributed by atoms with E-state index in [9.17, 15) is 4.79 Å². The maximum absolute atomic E-state index is 11.3. The van der Waals surface area contributed by atoms with Crippen LogP contribution in [0.5, 0.6) is 0 Å². The van der Waals surface area contributed by atoms with Gasteiger partial charge in [-0.3, -0.25) is 4.79 Å². The first kappa shape index (κ1) is 14.5. The molecule has 0 atom stereocenters. The summed E-state index contributed by atoms with van der Waals surface area (Å²) in [5.41, 5.74) is 0. The molecule has 0 aromatic carbocycles. The van der Waals surface area contributed by atoms with Crippen LogP contribution in [0.1, 0.15) is 32.6 Å². The Labute approximate surface area is 105 Å². The second kappa shape index (κ2) is 7.67. The number of hydrogen-bond acceptors (Lipinski definition) is 3. The van der Waals surface area contributed by atoms with E-state index < -0.39 is 0 Å². The highest BCUT2D eigenvalue weighted by atomic mass is 16.1. The third-order valence-electron chi connectivity index (χ3n) is 3.40. The van der Waals surface area contributed by atoms with Crippen molar-refractivity contribution >= 4 is 5.91 Å². The molecule has 0 heterocycles. The highest BCUT2D eigenvalue weighted by Gasteiger charge is 2.21. The minimum Gasteiger partial charge on any atom is -0.355 e. The molecule has 1 saturated carbocycles. The molecule has 0 unspecified atom stereocenters. The minimum absolute atomic E-state index is 0.114. The number of amides is 1. The molecule has 4 nitrogen and oxygen atoms in total. The van der Waals surface area contributed by atoms with E-state index in [0.29, 0.717) is 12.6 Å². The Morgan fingerprint density at radius 2 is 1.88 bits per heavy atom. The normalized spacial score (nSPS) is 24.9. The van der Waals surface area contributed by atoms with Gasteiger partial charge in [0.05, 0.1) is 6.54 Å². The van der Waals surface area contributed by atoms with Crippen LogP contribution in [0, 0.1) is 5.92 Å². The first-order chi connectivity index (χ1) is 8.11. The highest BCUT2D eigenvalue weighted by Crippen LogP contribution is 2.24. The van der Waals surface area contributed by atoms with Crippen molar-refractivity contribution in [3.63, 3.8) is 0 Å². The highest BCUT2D eigenvalue weighted by molar-refractivity contribution is 5.77. The van der Waals surface area contributed by atoms with Gasteiger partial charge in [-0.05, 0) is 52.6 Å². The van der Waals surface area contributed by atoms with Gasteiger partial charge < -0.3 is 15.5 Å². The van der Waals surface area contributed by atoms with Gasteiger partial charge in [-0.2, -0.15) is 0 Å². The van der Waals surface area contributed by atoms with E-state index in [1.54, 1.807) is 0 Å². The maximum atomic E-state index is 11.3. The van der Waals surface area contributed by atoms with Crippen molar-refractivity contribution in [3.8, 4) is 0 Å². The lowest BCUT2D eigenvalue weighted by molar-refractivity contribution is -0.120. The number of carbonyl (C=O) groups is 1. The van der Waals surface area contributed by atoms with Crippen LogP contribution in [0.25, 0.3) is 0 Å². The monoisotopic (exact) mass is 241 g/mol. The van der Waals surface area contributed by atoms with Gasteiger partial charge >= 0.3 is 0 Å². The molecular formula is C13H27N3O. The molecule has 0 aromatic rings. The van der Waals surface area contributed by atoms with E-state index in [1.807, 2.05) is 6.92 Å². The molecule has 0 aromatic heterocycles. The molecule has 1 amide bonds. The van der Waals surface area contributed by atoms with E-state index in [4.69, 9.17) is 0 Å². The van der Waals surface area contributed by atoms with E-state index in [0.717, 1.165) is 12.5 Å². The molecule has 17 heavy (non-hydrogen) atoms. The van der Waals surface area contributed by atoms with Gasteiger partial charge in [0, 0.05) is 19.1 Å². The Morgan fingerprint density at radius 3 is 2.41 bits per heavy atom. The molecule has 2 N–H and O–H groups in total. The smallest absolute Gasteiger partial charge is 0.233 e. The summed E-state index contributed by atoms with van der Waals surface area (Å²) in [5.74, 6) is 0.954. The van der Waals surface area contributed by atoms with Crippen LogP contribution in [0.4, 0.5) is 0 Å². The topological polar surface area (TPSA) is 44.4 Å². The Hall–Kier alpha value is -0.610. The summed E-state index contributed by atoms with van der Waals surface area (Å²) >= 11 is 0. The average molecular weight is 241 g/mol. The molecule has 0 aliphatic heterocycles. The predicted molar refractivity (Wildman–Crippen MR) is 71.0 cm³/mol. The van der Waals surface area contributed by atoms with Crippen LogP contribution in [-0.2, 0) is 4.79 Å². The molecule has 4 heteroatoms. The number of likely N-dealkylation sites (N-methyl/N-ethyl adjacent to an activating group) is 1. The Kier molecular flexibility index (Phi) is 6.52. The Morgan fingerprint density at radius 1 is 1.24 bits per heavy atom. The van der Waals surface area contributed by atoms with Crippen LogP contribution in [-0.4, -0.2) is 50.6 Å². The largest absolute Gasteiger partial charge is 0.355 e. The number of nitrogens with one attached hydrogen (secondary N) is 2. The lowest BCUT2D eigenvalue weighted by atomic mass is 9.86. The van der Waals surface area contributed by atoms with Crippen LogP contribution >= 0.6 is 0 Å². The van der Waals surface area contributed by atoms with E-state index in [-0.39, 0.29) is 5.91 Å². The Bertz CT molecular complexity index is 223. The van der Waals surface area contributed by atoms with E-state index in [2.05, 4.69) is 29.6 Å². The first-order valence-electron chi connectivity index (χ1n) is 6.76. The molecular weight excluding hydrogens is 214 g/mol. The zero-order valence-electron chi connectivity index (χ0n) is 11.5. The molecule has 0 bridgehead atoms. The van der Waals surface area contributed by atoms with Crippen molar-refractivity contribution in [1.29, 1.82) is 0 Å². The molecule has 1 aliphatic carbocycles. The third-order valence-corrected chi connectivity index (χ3v) is 3.40. The minimum atomic E-state index is 0.114. The zero-order chi connectivity index (χ0) is 12.7. The van der Waals surface area contributed by atoms with Gasteiger partial charge in [-0.15, -0.1) is 0 Å². The molecule has 0 saturated heterocycles. The first-order valence-corrected chi connectivity index (χ1v) is 6.76. The molecule has 1 rings (SSSR count). The van der Waals surface area contributed by atoms with Crippen LogP contribution in [0.15, 0.2) is 0 Å². The van der Waals surface area contributed by atoms with Crippen molar-refractivity contribution in [3.05, 3.63) is 0 Å². The van der Waals surface area contributed by atoms with Gasteiger partial charge in [-0.25, -0.2) is 0 Å². The lowest BCUT2D eigenvalue weighted by Crippen LogP contribution is -2.41. The Balaban J connectivity index is 2.12. The molecule has 0 spiro atoms. The van der Waals surface area contributed by atoms with Crippen molar-refractivity contribution in [2.24, 2.45) is 5.92 Å². The fourth-order valence-corrected chi connectivity index (χ4v) is 2.56. The molecule has 1 fully saturated rings. The molecule has 100 valence electrons.